The van der Waals surface area contributed by atoms with E-state index in [9.17, 15) is 4.79 Å². The molecule has 0 aliphatic heterocycles. The first-order chi connectivity index (χ1) is 13.5. The molecule has 3 N–H and O–H groups in total. The maximum absolute atomic E-state index is 12.7. The fourth-order valence-corrected chi connectivity index (χ4v) is 4.17. The molecule has 2 atom stereocenters. The molecule has 0 aliphatic carbocycles. The van der Waals surface area contributed by atoms with Crippen LogP contribution in [-0.4, -0.2) is 28.1 Å². The average molecular weight is 397 g/mol. The van der Waals surface area contributed by atoms with Crippen LogP contribution in [0.4, 0.5) is 0 Å². The van der Waals surface area contributed by atoms with Gasteiger partial charge in [0.25, 0.3) is 0 Å². The Morgan fingerprint density at radius 2 is 1.79 bits per heavy atom. The number of aromatic nitrogens is 1. The van der Waals surface area contributed by atoms with Crippen molar-refractivity contribution >= 4 is 28.6 Å². The van der Waals surface area contributed by atoms with E-state index < -0.39 is 6.04 Å². The van der Waals surface area contributed by atoms with Crippen molar-refractivity contribution < 1.29 is 9.53 Å². The lowest BCUT2D eigenvalue weighted by atomic mass is 9.95. The second-order valence-corrected chi connectivity index (χ2v) is 8.95. The number of carbonyl (C=O) groups excluding carboxylic acids is 1. The van der Waals surface area contributed by atoms with Crippen LogP contribution >= 0.6 is 11.8 Å². The minimum atomic E-state index is -0.815. The van der Waals surface area contributed by atoms with Gasteiger partial charge in [0.1, 0.15) is 6.04 Å². The highest BCUT2D eigenvalue weighted by atomic mass is 32.2. The Labute approximate surface area is 170 Å². The molecule has 3 rings (SSSR count). The monoisotopic (exact) mass is 396 g/mol. The second kappa shape index (κ2) is 9.30. The summed E-state index contributed by atoms with van der Waals surface area (Å²) >= 11 is 1.87. The Hall–Kier alpha value is -2.24. The molecule has 4 nitrogen and oxygen atoms in total. The predicted molar refractivity (Wildman–Crippen MR) is 118 cm³/mol. The van der Waals surface area contributed by atoms with Gasteiger partial charge >= 0.3 is 5.97 Å². The van der Waals surface area contributed by atoms with Gasteiger partial charge in [0, 0.05) is 22.7 Å². The van der Waals surface area contributed by atoms with Gasteiger partial charge in [-0.1, -0.05) is 56.3 Å². The van der Waals surface area contributed by atoms with Crippen molar-refractivity contribution in [2.75, 3.05) is 5.75 Å². The van der Waals surface area contributed by atoms with Crippen molar-refractivity contribution in [3.63, 3.8) is 0 Å². The third kappa shape index (κ3) is 4.78. The minimum absolute atomic E-state index is 0.148. The zero-order valence-corrected chi connectivity index (χ0v) is 17.5. The number of nitrogens with two attached hydrogens (primary N) is 1. The number of H-pyrrole nitrogens is 1. The topological polar surface area (TPSA) is 68.1 Å². The first kappa shape index (κ1) is 20.5. The fourth-order valence-electron chi connectivity index (χ4n) is 3.24. The zero-order chi connectivity index (χ0) is 20.1. The number of rotatable bonds is 8. The Bertz CT molecular complexity index is 935. The lowest BCUT2D eigenvalue weighted by molar-refractivity contribution is -0.150. The molecule has 2 aromatic carbocycles. The number of esters is 1. The molecule has 3 aromatic rings. The SMILES string of the molecule is CC(C)SCC[C@H](C)OC(=O)[C@@H](N)c1ccccc1-c1c[nH]c2ccccc12. The summed E-state index contributed by atoms with van der Waals surface area (Å²) in [6.45, 7) is 6.26. The number of carbonyl (C=O) groups is 1. The van der Waals surface area contributed by atoms with Crippen LogP contribution in [0.2, 0.25) is 0 Å². The number of benzene rings is 2. The lowest BCUT2D eigenvalue weighted by Gasteiger charge is -2.19. The largest absolute Gasteiger partial charge is 0.461 e. The molecule has 0 amide bonds. The van der Waals surface area contributed by atoms with Gasteiger partial charge in [-0.25, -0.2) is 4.79 Å². The molecular formula is C23H28N2O2S. The molecule has 0 unspecified atom stereocenters. The number of fused-ring (bicyclic) bond motifs is 1. The molecule has 1 aromatic heterocycles. The molecule has 0 saturated heterocycles. The number of nitrogens with one attached hydrogen (secondary N) is 1. The van der Waals surface area contributed by atoms with E-state index >= 15 is 0 Å². The van der Waals surface area contributed by atoms with E-state index in [0.29, 0.717) is 5.25 Å². The summed E-state index contributed by atoms with van der Waals surface area (Å²) < 4.78 is 5.62. The molecule has 28 heavy (non-hydrogen) atoms. The van der Waals surface area contributed by atoms with Gasteiger partial charge in [-0.15, -0.1) is 0 Å². The van der Waals surface area contributed by atoms with E-state index in [1.165, 1.54) is 0 Å². The molecule has 0 spiro atoms. The van der Waals surface area contributed by atoms with Crippen LogP contribution in [0.15, 0.2) is 54.7 Å². The van der Waals surface area contributed by atoms with Crippen molar-refractivity contribution in [3.05, 3.63) is 60.3 Å². The lowest BCUT2D eigenvalue weighted by Crippen LogP contribution is -2.27. The van der Waals surface area contributed by atoms with E-state index in [-0.39, 0.29) is 12.1 Å². The highest BCUT2D eigenvalue weighted by Gasteiger charge is 2.23. The number of hydrogen-bond donors (Lipinski definition) is 2. The third-order valence-corrected chi connectivity index (χ3v) is 5.86. The van der Waals surface area contributed by atoms with Crippen LogP contribution in [0.25, 0.3) is 22.0 Å². The van der Waals surface area contributed by atoms with Crippen molar-refractivity contribution in [1.29, 1.82) is 0 Å². The highest BCUT2D eigenvalue weighted by Crippen LogP contribution is 2.33. The number of para-hydroxylation sites is 1. The Kier molecular flexibility index (Phi) is 6.81. The predicted octanol–water partition coefficient (Wildman–Crippen LogP) is 5.30. The molecule has 0 fully saturated rings. The van der Waals surface area contributed by atoms with Crippen LogP contribution in [0, 0.1) is 0 Å². The van der Waals surface area contributed by atoms with Crippen LogP contribution in [-0.2, 0) is 9.53 Å². The molecule has 1 heterocycles. The number of ether oxygens (including phenoxy) is 1. The fraction of sp³-hybridized carbons (Fsp3) is 0.348. The smallest absolute Gasteiger partial charge is 0.327 e. The van der Waals surface area contributed by atoms with Crippen LogP contribution in [0.3, 0.4) is 0 Å². The van der Waals surface area contributed by atoms with Crippen molar-refractivity contribution in [3.8, 4) is 11.1 Å². The molecule has 5 heteroatoms. The number of thioether (sulfide) groups is 1. The van der Waals surface area contributed by atoms with E-state index in [1.54, 1.807) is 0 Å². The van der Waals surface area contributed by atoms with Crippen molar-refractivity contribution in [2.24, 2.45) is 5.73 Å². The Morgan fingerprint density at radius 3 is 2.57 bits per heavy atom. The number of hydrogen-bond acceptors (Lipinski definition) is 4. The standard InChI is InChI=1S/C23H28N2O2S/c1-15(2)28-13-12-16(3)27-23(26)22(24)19-10-5-4-8-17(19)20-14-25-21-11-7-6-9-18(20)21/h4-11,14-16,22,25H,12-13,24H2,1-3H3/t16-,22-/m0/s1. The van der Waals surface area contributed by atoms with Gasteiger partial charge in [-0.3, -0.25) is 0 Å². The van der Waals surface area contributed by atoms with E-state index in [2.05, 4.69) is 24.9 Å². The van der Waals surface area contributed by atoms with Gasteiger partial charge in [-0.05, 0) is 41.5 Å². The van der Waals surface area contributed by atoms with Crippen LogP contribution < -0.4 is 5.73 Å². The maximum atomic E-state index is 12.7. The molecule has 0 saturated carbocycles. The van der Waals surface area contributed by atoms with Crippen LogP contribution in [0.5, 0.6) is 0 Å². The third-order valence-electron chi connectivity index (χ3n) is 4.72. The Balaban J connectivity index is 1.77. The number of aromatic amines is 1. The van der Waals surface area contributed by atoms with E-state index in [4.69, 9.17) is 10.5 Å². The van der Waals surface area contributed by atoms with Crippen molar-refractivity contribution in [2.45, 2.75) is 44.6 Å². The summed E-state index contributed by atoms with van der Waals surface area (Å²) in [4.78, 5) is 16.0. The molecule has 0 radical (unpaired) electrons. The first-order valence-corrected chi connectivity index (χ1v) is 10.8. The van der Waals surface area contributed by atoms with Gasteiger partial charge < -0.3 is 15.5 Å². The van der Waals surface area contributed by atoms with Gasteiger partial charge in [0.15, 0.2) is 0 Å². The zero-order valence-electron chi connectivity index (χ0n) is 16.6. The minimum Gasteiger partial charge on any atom is -0.461 e. The maximum Gasteiger partial charge on any atom is 0.327 e. The summed E-state index contributed by atoms with van der Waals surface area (Å²) in [6.07, 6.45) is 2.64. The molecule has 0 bridgehead atoms. The normalized spacial score (nSPS) is 13.6. The molecular weight excluding hydrogens is 368 g/mol. The van der Waals surface area contributed by atoms with E-state index in [0.717, 1.165) is 39.8 Å². The van der Waals surface area contributed by atoms with Crippen LogP contribution in [0.1, 0.15) is 38.8 Å². The van der Waals surface area contributed by atoms with Gasteiger partial charge in [0.05, 0.1) is 6.10 Å². The summed E-state index contributed by atoms with van der Waals surface area (Å²) in [5.41, 5.74) is 10.1. The first-order valence-electron chi connectivity index (χ1n) is 9.70. The van der Waals surface area contributed by atoms with Gasteiger partial charge in [-0.2, -0.15) is 11.8 Å². The van der Waals surface area contributed by atoms with Gasteiger partial charge in [0.2, 0.25) is 0 Å². The quantitative estimate of drug-likeness (QED) is 0.507. The second-order valence-electron chi connectivity index (χ2n) is 7.27. The Morgan fingerprint density at radius 1 is 1.07 bits per heavy atom. The highest BCUT2D eigenvalue weighted by molar-refractivity contribution is 7.99. The summed E-state index contributed by atoms with van der Waals surface area (Å²) in [5.74, 6) is 0.585. The molecule has 148 valence electrons. The summed E-state index contributed by atoms with van der Waals surface area (Å²) in [5, 5.41) is 1.68. The van der Waals surface area contributed by atoms with E-state index in [1.807, 2.05) is 67.3 Å². The average Bonchev–Trinajstić information content (AvgIpc) is 3.11. The van der Waals surface area contributed by atoms with Crippen molar-refractivity contribution in [1.82, 2.24) is 4.98 Å². The summed E-state index contributed by atoms with van der Waals surface area (Å²) in [6, 6.07) is 15.1. The summed E-state index contributed by atoms with van der Waals surface area (Å²) in [7, 11) is 0. The molecule has 0 aliphatic rings.